The molecule has 1 aliphatic rings. The highest BCUT2D eigenvalue weighted by Crippen LogP contribution is 2.20. The minimum Gasteiger partial charge on any atom is -0.482 e. The van der Waals surface area contributed by atoms with Crippen molar-refractivity contribution in [3.05, 3.63) is 29.3 Å². The molecule has 2 rings (SSSR count). The van der Waals surface area contributed by atoms with Gasteiger partial charge < -0.3 is 14.8 Å². The summed E-state index contributed by atoms with van der Waals surface area (Å²) in [5.41, 5.74) is 1.97. The molecule has 0 radical (unpaired) electrons. The van der Waals surface area contributed by atoms with Crippen molar-refractivity contribution < 1.29 is 28.7 Å². The number of esters is 1. The van der Waals surface area contributed by atoms with Crippen molar-refractivity contribution in [2.24, 2.45) is 0 Å². The predicted octanol–water partition coefficient (Wildman–Crippen LogP) is 1.43. The van der Waals surface area contributed by atoms with E-state index in [2.05, 4.69) is 5.32 Å². The van der Waals surface area contributed by atoms with Gasteiger partial charge in [-0.3, -0.25) is 19.3 Å². The monoisotopic (exact) mass is 394 g/mol. The fourth-order valence-electron chi connectivity index (χ4n) is 2.33. The maximum Gasteiger partial charge on any atom is 0.344 e. The van der Waals surface area contributed by atoms with Crippen LogP contribution in [0.4, 0.5) is 4.79 Å². The highest BCUT2D eigenvalue weighted by atomic mass is 32.2. The maximum atomic E-state index is 12.0. The van der Waals surface area contributed by atoms with Crippen LogP contribution in [-0.4, -0.2) is 59.5 Å². The van der Waals surface area contributed by atoms with E-state index in [0.717, 1.165) is 27.8 Å². The van der Waals surface area contributed by atoms with Gasteiger partial charge in [0.1, 0.15) is 5.75 Å². The molecular formula is C18H22N2O6S. The van der Waals surface area contributed by atoms with E-state index < -0.39 is 18.0 Å². The number of rotatable bonds is 8. The minimum atomic E-state index is -1.01. The van der Waals surface area contributed by atoms with Crippen LogP contribution in [0.3, 0.4) is 0 Å². The third kappa shape index (κ3) is 5.72. The average Bonchev–Trinajstić information content (AvgIpc) is 2.94. The number of benzene rings is 1. The molecular weight excluding hydrogens is 372 g/mol. The molecule has 8 nitrogen and oxygen atoms in total. The Morgan fingerprint density at radius 3 is 2.70 bits per heavy atom. The van der Waals surface area contributed by atoms with Gasteiger partial charge in [0.2, 0.25) is 5.91 Å². The number of amides is 3. The van der Waals surface area contributed by atoms with Crippen molar-refractivity contribution in [3.63, 3.8) is 0 Å². The lowest BCUT2D eigenvalue weighted by Crippen LogP contribution is -2.42. The number of imide groups is 1. The standard InChI is InChI=1S/C18H22N2O6S/c1-11-5-4-6-14(12(11)2)25-9-16(22)26-13(3)17(23)19-7-8-20-15(21)10-27-18(20)24/h4-6,13H,7-10H2,1-3H3,(H,19,23)/t13-/m0/s1. The van der Waals surface area contributed by atoms with E-state index in [1.54, 1.807) is 6.07 Å². The van der Waals surface area contributed by atoms with Crippen LogP contribution in [0.5, 0.6) is 5.75 Å². The number of ether oxygens (including phenoxy) is 2. The molecule has 0 spiro atoms. The Hall–Kier alpha value is -2.55. The summed E-state index contributed by atoms with van der Waals surface area (Å²) in [6.07, 6.45) is -1.01. The van der Waals surface area contributed by atoms with Gasteiger partial charge in [-0.15, -0.1) is 0 Å². The van der Waals surface area contributed by atoms with Gasteiger partial charge in [-0.2, -0.15) is 0 Å². The minimum absolute atomic E-state index is 0.0901. The van der Waals surface area contributed by atoms with Crippen LogP contribution in [0.1, 0.15) is 18.1 Å². The summed E-state index contributed by atoms with van der Waals surface area (Å²) < 4.78 is 10.5. The van der Waals surface area contributed by atoms with Gasteiger partial charge in [-0.25, -0.2) is 4.79 Å². The molecule has 0 saturated carbocycles. The molecule has 1 saturated heterocycles. The molecule has 0 unspecified atom stereocenters. The first kappa shape index (κ1) is 20.8. The van der Waals surface area contributed by atoms with E-state index in [1.807, 2.05) is 26.0 Å². The molecule has 146 valence electrons. The molecule has 0 bridgehead atoms. The third-order valence-electron chi connectivity index (χ3n) is 4.05. The molecule has 3 amide bonds. The number of hydrogen-bond donors (Lipinski definition) is 1. The summed E-state index contributed by atoms with van der Waals surface area (Å²) >= 11 is 0.934. The second-order valence-corrected chi connectivity index (χ2v) is 6.94. The van der Waals surface area contributed by atoms with Crippen LogP contribution in [0, 0.1) is 13.8 Å². The molecule has 0 aliphatic carbocycles. The zero-order valence-corrected chi connectivity index (χ0v) is 16.3. The third-order valence-corrected chi connectivity index (χ3v) is 4.91. The molecule has 1 heterocycles. The average molecular weight is 394 g/mol. The molecule has 9 heteroatoms. The van der Waals surface area contributed by atoms with Crippen molar-refractivity contribution in [1.82, 2.24) is 10.2 Å². The van der Waals surface area contributed by atoms with Crippen molar-refractivity contribution in [2.45, 2.75) is 26.9 Å². The molecule has 1 N–H and O–H groups in total. The highest BCUT2D eigenvalue weighted by Gasteiger charge is 2.29. The summed E-state index contributed by atoms with van der Waals surface area (Å²) in [5, 5.41) is 2.21. The second kappa shape index (κ2) is 9.40. The summed E-state index contributed by atoms with van der Waals surface area (Å²) in [5.74, 6) is -0.743. The van der Waals surface area contributed by atoms with Crippen molar-refractivity contribution in [3.8, 4) is 5.75 Å². The first-order chi connectivity index (χ1) is 12.8. The first-order valence-electron chi connectivity index (χ1n) is 8.43. The van der Waals surface area contributed by atoms with Crippen LogP contribution < -0.4 is 10.1 Å². The summed E-state index contributed by atoms with van der Waals surface area (Å²) in [6, 6.07) is 5.52. The zero-order valence-electron chi connectivity index (χ0n) is 15.4. The van der Waals surface area contributed by atoms with E-state index in [9.17, 15) is 19.2 Å². The Bertz CT molecular complexity index is 735. The lowest BCUT2D eigenvalue weighted by Gasteiger charge is -2.16. The number of carbonyl (C=O) groups excluding carboxylic acids is 4. The van der Waals surface area contributed by atoms with Crippen LogP contribution in [0.15, 0.2) is 18.2 Å². The Balaban J connectivity index is 1.71. The number of aryl methyl sites for hydroxylation is 1. The molecule has 0 aromatic heterocycles. The van der Waals surface area contributed by atoms with Crippen LogP contribution in [-0.2, 0) is 19.1 Å². The van der Waals surface area contributed by atoms with Gasteiger partial charge in [0, 0.05) is 13.1 Å². The topological polar surface area (TPSA) is 102 Å². The van der Waals surface area contributed by atoms with Crippen molar-refractivity contribution in [1.29, 1.82) is 0 Å². The first-order valence-corrected chi connectivity index (χ1v) is 9.41. The van der Waals surface area contributed by atoms with Gasteiger partial charge in [-0.1, -0.05) is 23.9 Å². The fourth-order valence-corrected chi connectivity index (χ4v) is 3.09. The largest absolute Gasteiger partial charge is 0.482 e. The Morgan fingerprint density at radius 1 is 1.30 bits per heavy atom. The lowest BCUT2D eigenvalue weighted by atomic mass is 10.1. The van der Waals surface area contributed by atoms with E-state index in [1.165, 1.54) is 6.92 Å². The quantitative estimate of drug-likeness (QED) is 0.666. The van der Waals surface area contributed by atoms with Gasteiger partial charge in [0.15, 0.2) is 12.7 Å². The molecule has 1 aromatic rings. The lowest BCUT2D eigenvalue weighted by molar-refractivity contribution is -0.156. The van der Waals surface area contributed by atoms with E-state index in [-0.39, 0.29) is 36.6 Å². The van der Waals surface area contributed by atoms with Gasteiger partial charge in [0.05, 0.1) is 5.75 Å². The molecule has 1 aromatic carbocycles. The van der Waals surface area contributed by atoms with Crippen LogP contribution >= 0.6 is 11.8 Å². The normalized spacial score (nSPS) is 14.9. The Labute approximate surface area is 161 Å². The van der Waals surface area contributed by atoms with Crippen molar-refractivity contribution in [2.75, 3.05) is 25.4 Å². The number of nitrogens with one attached hydrogen (secondary N) is 1. The van der Waals surface area contributed by atoms with E-state index >= 15 is 0 Å². The highest BCUT2D eigenvalue weighted by molar-refractivity contribution is 8.14. The number of nitrogens with zero attached hydrogens (tertiary/aromatic N) is 1. The van der Waals surface area contributed by atoms with Gasteiger partial charge >= 0.3 is 5.97 Å². The smallest absolute Gasteiger partial charge is 0.344 e. The molecule has 1 atom stereocenters. The number of thioether (sulfide) groups is 1. The fraction of sp³-hybridized carbons (Fsp3) is 0.444. The van der Waals surface area contributed by atoms with Gasteiger partial charge in [-0.05, 0) is 38.0 Å². The molecule has 1 aliphatic heterocycles. The number of carbonyl (C=O) groups is 4. The van der Waals surface area contributed by atoms with Crippen molar-refractivity contribution >= 4 is 34.8 Å². The second-order valence-electron chi connectivity index (χ2n) is 6.01. The predicted molar refractivity (Wildman–Crippen MR) is 99.5 cm³/mol. The molecule has 27 heavy (non-hydrogen) atoms. The van der Waals surface area contributed by atoms with E-state index in [4.69, 9.17) is 9.47 Å². The Morgan fingerprint density at radius 2 is 2.04 bits per heavy atom. The van der Waals surface area contributed by atoms with Gasteiger partial charge in [0.25, 0.3) is 11.1 Å². The summed E-state index contributed by atoms with van der Waals surface area (Å²) in [7, 11) is 0. The maximum absolute atomic E-state index is 12.0. The van der Waals surface area contributed by atoms with E-state index in [0.29, 0.717) is 5.75 Å². The number of hydrogen-bond acceptors (Lipinski definition) is 7. The van der Waals surface area contributed by atoms with Crippen LogP contribution in [0.2, 0.25) is 0 Å². The summed E-state index contributed by atoms with van der Waals surface area (Å²) in [6.45, 7) is 5.14. The van der Waals surface area contributed by atoms with Crippen LogP contribution in [0.25, 0.3) is 0 Å². The molecule has 1 fully saturated rings. The zero-order chi connectivity index (χ0) is 20.0. The summed E-state index contributed by atoms with van der Waals surface area (Å²) in [4.78, 5) is 47.8. The Kier molecular flexibility index (Phi) is 7.23. The SMILES string of the molecule is Cc1cccc(OCC(=O)O[C@@H](C)C(=O)NCCN2C(=O)CSC2=O)c1C.